The third-order valence-electron chi connectivity index (χ3n) is 12.6. The summed E-state index contributed by atoms with van der Waals surface area (Å²) in [5.74, 6) is -1.67. The molecule has 6 N–H and O–H groups in total. The van der Waals surface area contributed by atoms with E-state index >= 15 is 0 Å². The van der Waals surface area contributed by atoms with Gasteiger partial charge in [-0.05, 0) is 44.4 Å². The van der Waals surface area contributed by atoms with Crippen molar-refractivity contribution in [2.24, 2.45) is 17.3 Å². The largest absolute Gasteiger partial charge is 0.454 e. The zero-order valence-electron chi connectivity index (χ0n) is 24.1. The summed E-state index contributed by atoms with van der Waals surface area (Å²) in [4.78, 5) is 15.8. The van der Waals surface area contributed by atoms with Gasteiger partial charge in [-0.15, -0.1) is 0 Å². The van der Waals surface area contributed by atoms with Crippen molar-refractivity contribution < 1.29 is 44.2 Å². The van der Waals surface area contributed by atoms with Crippen LogP contribution in [0.15, 0.2) is 24.3 Å². The summed E-state index contributed by atoms with van der Waals surface area (Å²) >= 11 is 0. The summed E-state index contributed by atoms with van der Waals surface area (Å²) in [6, 6.07) is 5.94. The molecule has 0 amide bonds. The van der Waals surface area contributed by atoms with Crippen molar-refractivity contribution in [2.45, 2.75) is 91.4 Å². The number of anilines is 1. The van der Waals surface area contributed by atoms with Crippen LogP contribution in [0.4, 0.5) is 5.69 Å². The van der Waals surface area contributed by atoms with Crippen molar-refractivity contribution in [1.82, 2.24) is 4.90 Å². The van der Waals surface area contributed by atoms with Crippen molar-refractivity contribution in [3.63, 3.8) is 0 Å². The van der Waals surface area contributed by atoms with Crippen molar-refractivity contribution in [3.05, 3.63) is 29.8 Å². The fourth-order valence-electron chi connectivity index (χ4n) is 11.3. The lowest BCUT2D eigenvalue weighted by atomic mass is 9.41. The number of likely N-dealkylation sites (N-methyl/N-ethyl adjacent to an activating group) is 1. The summed E-state index contributed by atoms with van der Waals surface area (Å²) in [7, 11) is 4.56. The number of nitrogen functional groups attached to an aromatic ring is 1. The number of nitrogens with two attached hydrogens (primary N) is 1. The van der Waals surface area contributed by atoms with E-state index in [-0.39, 0.29) is 24.8 Å². The number of esters is 1. The Hall–Kier alpha value is -1.83. The quantitative estimate of drug-likeness (QED) is 0.231. The normalized spacial score (nSPS) is 52.9. The second-order valence-corrected chi connectivity index (χ2v) is 13.4. The second kappa shape index (κ2) is 8.41. The summed E-state index contributed by atoms with van der Waals surface area (Å²) < 4.78 is 24.4. The number of aliphatic hydroxyl groups is 4. The number of benzene rings is 1. The monoisotopic (exact) mass is 574 g/mol. The molecule has 1 spiro atoms. The first-order chi connectivity index (χ1) is 19.4. The Kier molecular flexibility index (Phi) is 5.74. The van der Waals surface area contributed by atoms with Crippen LogP contribution in [0.5, 0.6) is 0 Å². The summed E-state index contributed by atoms with van der Waals surface area (Å²) in [6.45, 7) is 2.69. The average molecular weight is 575 g/mol. The zero-order valence-corrected chi connectivity index (χ0v) is 24.1. The number of piperidine rings is 1. The van der Waals surface area contributed by atoms with Crippen LogP contribution >= 0.6 is 0 Å². The van der Waals surface area contributed by atoms with Crippen LogP contribution in [0.25, 0.3) is 0 Å². The molecule has 0 aromatic heterocycles. The van der Waals surface area contributed by atoms with Gasteiger partial charge in [0.25, 0.3) is 0 Å². The Morgan fingerprint density at radius 2 is 1.76 bits per heavy atom. The highest BCUT2D eigenvalue weighted by Gasteiger charge is 2.98. The third kappa shape index (κ3) is 2.69. The molecule has 1 aromatic rings. The zero-order chi connectivity index (χ0) is 29.4. The van der Waals surface area contributed by atoms with Gasteiger partial charge in [0.2, 0.25) is 0 Å². The Labute approximate surface area is 239 Å². The average Bonchev–Trinajstić information content (AvgIpc) is 3.30. The summed E-state index contributed by atoms with van der Waals surface area (Å²) in [6.07, 6.45) is -1.36. The molecule has 6 aliphatic rings. The topological polar surface area (TPSA) is 164 Å². The smallest absolute Gasteiger partial charge is 0.340 e. The fourth-order valence-corrected chi connectivity index (χ4v) is 11.3. The fraction of sp³-hybridized carbons (Fsp3) is 0.767. The lowest BCUT2D eigenvalue weighted by Crippen LogP contribution is -2.93. The molecule has 41 heavy (non-hydrogen) atoms. The molecule has 1 aromatic carbocycles. The van der Waals surface area contributed by atoms with Gasteiger partial charge in [-0.3, -0.25) is 4.90 Å². The first-order valence-corrected chi connectivity index (χ1v) is 14.7. The Morgan fingerprint density at radius 3 is 2.39 bits per heavy atom. The molecule has 1 aliphatic heterocycles. The number of hydrogen-bond acceptors (Lipinski definition) is 11. The van der Waals surface area contributed by atoms with Crippen LogP contribution in [0.1, 0.15) is 49.4 Å². The molecule has 0 unspecified atom stereocenters. The highest BCUT2D eigenvalue weighted by Crippen LogP contribution is 2.81. The SMILES string of the molecule is CCN1C[C@]2(OC(=O)c3ccccc3N)CC[C@H](OC)[C@@]34[C@@H]2C[C@@](O)([C@@H]13)[C@@]1(O)C[C@H](OC)[C@H]2C[C@]4(O)[C@]1(O)[C@H]2OC. The predicted octanol–water partition coefficient (Wildman–Crippen LogP) is 0.0752. The van der Waals surface area contributed by atoms with Crippen molar-refractivity contribution in [3.8, 4) is 0 Å². The number of ether oxygens (including phenoxy) is 4. The maximum atomic E-state index is 13.7. The molecule has 5 aliphatic carbocycles. The van der Waals surface area contributed by atoms with Crippen LogP contribution < -0.4 is 5.73 Å². The maximum Gasteiger partial charge on any atom is 0.340 e. The van der Waals surface area contributed by atoms with Gasteiger partial charge in [0.1, 0.15) is 22.4 Å². The van der Waals surface area contributed by atoms with E-state index in [1.165, 1.54) is 14.2 Å². The first-order valence-electron chi connectivity index (χ1n) is 14.7. The second-order valence-electron chi connectivity index (χ2n) is 13.4. The first kappa shape index (κ1) is 28.0. The molecule has 7 rings (SSSR count). The van der Waals surface area contributed by atoms with Crippen LogP contribution in [0, 0.1) is 17.3 Å². The molecule has 0 radical (unpaired) electrons. The maximum absolute atomic E-state index is 13.7. The Bertz CT molecular complexity index is 1280. The number of carbonyl (C=O) groups excluding carboxylic acids is 1. The van der Waals surface area contributed by atoms with Crippen LogP contribution in [-0.2, 0) is 18.9 Å². The summed E-state index contributed by atoms with van der Waals surface area (Å²) in [5.41, 5.74) is -4.06. The van der Waals surface area contributed by atoms with Crippen LogP contribution in [-0.4, -0.2) is 118 Å². The highest BCUT2D eigenvalue weighted by molar-refractivity contribution is 5.95. The van der Waals surface area contributed by atoms with Crippen molar-refractivity contribution >= 4 is 11.7 Å². The van der Waals surface area contributed by atoms with Gasteiger partial charge in [-0.25, -0.2) is 4.79 Å². The van der Waals surface area contributed by atoms with Gasteiger partial charge in [-0.2, -0.15) is 0 Å². The van der Waals surface area contributed by atoms with Crippen LogP contribution in [0.3, 0.4) is 0 Å². The van der Waals surface area contributed by atoms with E-state index in [0.29, 0.717) is 31.6 Å². The number of hydrogen-bond donors (Lipinski definition) is 5. The Morgan fingerprint density at radius 1 is 1.02 bits per heavy atom. The van der Waals surface area contributed by atoms with Gasteiger partial charge >= 0.3 is 5.97 Å². The standard InChI is InChI=1S/C30H42N2O9/c1-5-32-15-25(41-23(33)16-8-6-7-9-18(16)31)11-10-21(39-3)29-20(25)14-26(34,24(29)32)27(35)13-19(38-2)17-12-28(29,36)30(27,37)22(17)40-4/h6-9,17,19-22,24,34-37H,5,10-15,31H2,1-4H3/t17-,19+,20-,21+,22+,24-,25-,26-,27+,28-,29+,30+/m1/s1. The number of fused-ring (bicyclic) bond motifs is 2. The number of methoxy groups -OCH3 is 3. The number of para-hydroxylation sites is 1. The molecular weight excluding hydrogens is 532 g/mol. The van der Waals surface area contributed by atoms with Crippen molar-refractivity contribution in [2.75, 3.05) is 40.2 Å². The molecular formula is C30H42N2O9. The molecule has 12 atom stereocenters. The van der Waals surface area contributed by atoms with Crippen molar-refractivity contribution in [1.29, 1.82) is 0 Å². The van der Waals surface area contributed by atoms with E-state index in [0.717, 1.165) is 0 Å². The predicted molar refractivity (Wildman–Crippen MR) is 145 cm³/mol. The van der Waals surface area contributed by atoms with Crippen LogP contribution in [0.2, 0.25) is 0 Å². The lowest BCUT2D eigenvalue weighted by molar-refractivity contribution is -0.408. The molecule has 1 heterocycles. The van der Waals surface area contributed by atoms with E-state index in [2.05, 4.69) is 0 Å². The van der Waals surface area contributed by atoms with E-state index in [4.69, 9.17) is 24.7 Å². The van der Waals surface area contributed by atoms with Gasteiger partial charge < -0.3 is 45.1 Å². The number of nitrogens with zero attached hydrogens (tertiary/aromatic N) is 1. The van der Waals surface area contributed by atoms with E-state index in [9.17, 15) is 25.2 Å². The van der Waals surface area contributed by atoms with E-state index in [1.54, 1.807) is 31.4 Å². The van der Waals surface area contributed by atoms with Gasteiger partial charge in [0.15, 0.2) is 5.60 Å². The molecule has 226 valence electrons. The molecule has 7 bridgehead atoms. The van der Waals surface area contributed by atoms with Gasteiger partial charge in [-0.1, -0.05) is 19.1 Å². The molecule has 1 saturated heterocycles. The van der Waals surface area contributed by atoms with E-state index in [1.807, 2.05) is 11.8 Å². The van der Waals surface area contributed by atoms with E-state index < -0.39 is 75.6 Å². The number of rotatable bonds is 6. The minimum atomic E-state index is -2.24. The number of likely N-dealkylation sites (tertiary alicyclic amines) is 1. The minimum Gasteiger partial charge on any atom is -0.454 e. The molecule has 6 fully saturated rings. The molecule has 5 saturated carbocycles. The lowest BCUT2D eigenvalue weighted by Gasteiger charge is -2.74. The summed E-state index contributed by atoms with van der Waals surface area (Å²) in [5, 5.41) is 51.8. The van der Waals surface area contributed by atoms with Gasteiger partial charge in [0, 0.05) is 51.8 Å². The Balaban J connectivity index is 1.48. The number of carbonyl (C=O) groups is 1. The highest BCUT2D eigenvalue weighted by atomic mass is 16.6. The molecule has 11 heteroatoms. The minimum absolute atomic E-state index is 0.00969. The molecule has 11 nitrogen and oxygen atoms in total. The third-order valence-corrected chi connectivity index (χ3v) is 12.6. The van der Waals surface area contributed by atoms with Gasteiger partial charge in [0.05, 0.1) is 35.3 Å².